The Bertz CT molecular complexity index is 1290. The van der Waals surface area contributed by atoms with Gasteiger partial charge in [0.1, 0.15) is 0 Å². The van der Waals surface area contributed by atoms with Gasteiger partial charge in [-0.25, -0.2) is 0 Å². The molecular weight excluding hydrogens is 758 g/mol. The predicted molar refractivity (Wildman–Crippen MR) is 155 cm³/mol. The maximum atomic E-state index is 11.9. The minimum Gasteiger partial charge on any atom is -1.00 e. The summed E-state index contributed by atoms with van der Waals surface area (Å²) in [5.74, 6) is -0.534. The van der Waals surface area contributed by atoms with Crippen LogP contribution in [0.25, 0.3) is 0 Å². The van der Waals surface area contributed by atoms with E-state index in [9.17, 15) is 19.2 Å². The number of halogens is 2. The van der Waals surface area contributed by atoms with Gasteiger partial charge in [-0.2, -0.15) is 0 Å². The van der Waals surface area contributed by atoms with Gasteiger partial charge in [0.25, 0.3) is 0 Å². The molecule has 4 rings (SSSR count). The molecule has 0 aliphatic carbocycles. The summed E-state index contributed by atoms with van der Waals surface area (Å²) in [4.78, 5) is 47.6. The quantitative estimate of drug-likeness (QED) is 0.179. The van der Waals surface area contributed by atoms with Crippen molar-refractivity contribution >= 4 is 23.6 Å². The SMILES string of the molecule is Cc1ccc(C(=O)[NH][Zr+][NH]C(=O)c2ccc(C)cc2)cc1.Cc1ccc(C(=O)[NH][Zr+][NH]C(=O)c2ccc(C)cc2)cc1.[Cl-].[Cl-]. The summed E-state index contributed by atoms with van der Waals surface area (Å²) in [6.07, 6.45) is 0. The number of aryl methyl sites for hydroxylation is 4. The molecule has 0 saturated heterocycles. The molecule has 4 aromatic rings. The number of hydrogen-bond acceptors (Lipinski definition) is 4. The smallest absolute Gasteiger partial charge is 1.00 e. The van der Waals surface area contributed by atoms with Crippen molar-refractivity contribution in [2.24, 2.45) is 0 Å². The van der Waals surface area contributed by atoms with E-state index in [1.165, 1.54) is 0 Å². The van der Waals surface area contributed by atoms with Gasteiger partial charge in [0.15, 0.2) is 0 Å². The molecule has 44 heavy (non-hydrogen) atoms. The van der Waals surface area contributed by atoms with Crippen LogP contribution in [0, 0.1) is 27.7 Å². The van der Waals surface area contributed by atoms with E-state index in [2.05, 4.69) is 13.0 Å². The summed E-state index contributed by atoms with van der Waals surface area (Å²) < 4.78 is 11.3. The van der Waals surface area contributed by atoms with E-state index in [4.69, 9.17) is 0 Å². The summed E-state index contributed by atoms with van der Waals surface area (Å²) in [5, 5.41) is 0. The Labute approximate surface area is 295 Å². The van der Waals surface area contributed by atoms with Crippen molar-refractivity contribution in [2.75, 3.05) is 0 Å². The van der Waals surface area contributed by atoms with Gasteiger partial charge in [0, 0.05) is 0 Å². The number of benzene rings is 4. The van der Waals surface area contributed by atoms with Gasteiger partial charge in [0.2, 0.25) is 0 Å². The number of rotatable bonds is 8. The fourth-order valence-corrected chi connectivity index (χ4v) is 6.24. The van der Waals surface area contributed by atoms with Crippen LogP contribution in [0.3, 0.4) is 0 Å². The molecule has 0 heterocycles. The van der Waals surface area contributed by atoms with Gasteiger partial charge >= 0.3 is 273 Å². The van der Waals surface area contributed by atoms with Gasteiger partial charge < -0.3 is 24.8 Å². The standard InChI is InChI=1S/4C8H9NO.2ClH.2Zr/c4*1-6-2-4-7(5-3-6)8(9)10;;;;/h4*2-5H,1H3,(H2,9,10);2*1H;;/q;;;;;;2*+3/p-6. The van der Waals surface area contributed by atoms with Crippen molar-refractivity contribution < 1.29 is 91.6 Å². The molecule has 226 valence electrons. The molecule has 0 atom stereocenters. The predicted octanol–water partition coefficient (Wildman–Crippen LogP) is -1.24. The average Bonchev–Trinajstić information content (AvgIpc) is 2.98. The monoisotopic (exact) mass is 786 g/mol. The van der Waals surface area contributed by atoms with Crippen LogP contribution in [0.1, 0.15) is 63.7 Å². The molecule has 0 spiro atoms. The molecule has 0 aliphatic rings. The van der Waals surface area contributed by atoms with E-state index in [1.807, 2.05) is 76.2 Å². The molecule has 0 fully saturated rings. The van der Waals surface area contributed by atoms with E-state index >= 15 is 0 Å². The van der Waals surface area contributed by atoms with E-state index in [-0.39, 0.29) is 48.4 Å². The van der Waals surface area contributed by atoms with Crippen LogP contribution in [-0.4, -0.2) is 23.6 Å². The number of carbonyl (C=O) groups is 4. The minimum atomic E-state index is -1.48. The van der Waals surface area contributed by atoms with Crippen molar-refractivity contribution in [1.82, 2.24) is 13.0 Å². The van der Waals surface area contributed by atoms with E-state index in [1.54, 1.807) is 48.5 Å². The van der Waals surface area contributed by atoms with Crippen LogP contribution in [0.4, 0.5) is 0 Å². The first-order valence-electron chi connectivity index (χ1n) is 13.1. The molecule has 0 unspecified atom stereocenters. The van der Waals surface area contributed by atoms with Crippen LogP contribution in [0.5, 0.6) is 0 Å². The van der Waals surface area contributed by atoms with Crippen LogP contribution >= 0.6 is 0 Å². The molecule has 8 nitrogen and oxygen atoms in total. The first-order valence-corrected chi connectivity index (χ1v) is 18.0. The maximum Gasteiger partial charge on any atom is -1.00 e. The Kier molecular flexibility index (Phi) is 18.0. The number of amides is 4. The number of nitrogens with one attached hydrogen (secondary N) is 4. The van der Waals surface area contributed by atoms with Crippen molar-refractivity contribution in [3.63, 3.8) is 0 Å². The second-order valence-electron chi connectivity index (χ2n) is 9.53. The van der Waals surface area contributed by atoms with Crippen molar-refractivity contribution in [3.8, 4) is 0 Å². The summed E-state index contributed by atoms with van der Waals surface area (Å²) >= 11 is -2.96. The Morgan fingerprint density at radius 3 is 0.682 bits per heavy atom. The zero-order valence-electron chi connectivity index (χ0n) is 24.6. The number of hydrogen-bond donors (Lipinski definition) is 4. The summed E-state index contributed by atoms with van der Waals surface area (Å²) in [6.45, 7) is 7.89. The topological polar surface area (TPSA) is 116 Å². The third kappa shape index (κ3) is 13.4. The zero-order valence-corrected chi connectivity index (χ0v) is 31.1. The maximum absolute atomic E-state index is 11.9. The van der Waals surface area contributed by atoms with Crippen molar-refractivity contribution in [2.45, 2.75) is 27.7 Å². The van der Waals surface area contributed by atoms with Crippen LogP contribution < -0.4 is 37.9 Å². The fraction of sp³-hybridized carbons (Fsp3) is 0.125. The van der Waals surface area contributed by atoms with E-state index < -0.39 is 47.6 Å². The van der Waals surface area contributed by atoms with Gasteiger partial charge in [-0.05, 0) is 0 Å². The molecule has 0 radical (unpaired) electrons. The minimum absolute atomic E-state index is 0. The van der Waals surface area contributed by atoms with Crippen LogP contribution in [-0.2, 0) is 47.6 Å². The third-order valence-corrected chi connectivity index (χ3v) is 9.42. The molecular formula is C32H32Cl2N4O4Zr2. The Hall–Kier alpha value is -2.89. The van der Waals surface area contributed by atoms with Crippen LogP contribution in [0.15, 0.2) is 97.1 Å². The molecule has 4 amide bonds. The first-order chi connectivity index (χ1) is 20.1. The van der Waals surface area contributed by atoms with Gasteiger partial charge in [-0.15, -0.1) is 0 Å². The molecule has 0 aliphatic heterocycles. The van der Waals surface area contributed by atoms with E-state index in [0.717, 1.165) is 22.3 Å². The Balaban J connectivity index is 0.000000421. The summed E-state index contributed by atoms with van der Waals surface area (Å²) in [6, 6.07) is 29.4. The van der Waals surface area contributed by atoms with E-state index in [0.29, 0.717) is 22.3 Å². The molecule has 0 bridgehead atoms. The molecule has 0 saturated carbocycles. The summed E-state index contributed by atoms with van der Waals surface area (Å²) in [7, 11) is 0. The third-order valence-electron chi connectivity index (χ3n) is 5.96. The molecule has 4 N–H and O–H groups in total. The van der Waals surface area contributed by atoms with Gasteiger partial charge in [-0.3, -0.25) is 0 Å². The largest absolute Gasteiger partial charge is 1.00 e. The molecule has 12 heteroatoms. The second kappa shape index (κ2) is 20.2. The number of carbonyl (C=O) groups excluding carboxylic acids is 4. The Morgan fingerprint density at radius 1 is 0.364 bits per heavy atom. The Morgan fingerprint density at radius 2 is 0.523 bits per heavy atom. The normalized spacial score (nSPS) is 9.18. The van der Waals surface area contributed by atoms with Gasteiger partial charge in [0.05, 0.1) is 0 Å². The average molecular weight is 790 g/mol. The molecule has 0 aromatic heterocycles. The zero-order chi connectivity index (χ0) is 30.5. The van der Waals surface area contributed by atoms with Crippen LogP contribution in [0.2, 0.25) is 0 Å². The summed E-state index contributed by atoms with van der Waals surface area (Å²) in [5.41, 5.74) is 6.91. The van der Waals surface area contributed by atoms with Gasteiger partial charge in [-0.1, -0.05) is 0 Å². The fourth-order valence-electron chi connectivity index (χ4n) is 3.40. The molecule has 4 aromatic carbocycles. The second-order valence-corrected chi connectivity index (χ2v) is 13.2. The first kappa shape index (κ1) is 39.1. The van der Waals surface area contributed by atoms with Crippen molar-refractivity contribution in [3.05, 3.63) is 142 Å². The van der Waals surface area contributed by atoms with Crippen molar-refractivity contribution in [1.29, 1.82) is 0 Å².